The minimum atomic E-state index is -0.452. The van der Waals surface area contributed by atoms with Crippen LogP contribution in [0, 0.1) is 5.82 Å². The van der Waals surface area contributed by atoms with Crippen molar-refractivity contribution in [2.24, 2.45) is 0 Å². The van der Waals surface area contributed by atoms with Gasteiger partial charge in [0.1, 0.15) is 11.6 Å². The molecule has 0 aliphatic rings. The molecule has 0 aliphatic carbocycles. The molecule has 0 amide bonds. The Kier molecular flexibility index (Phi) is 5.22. The summed E-state index contributed by atoms with van der Waals surface area (Å²) in [6.07, 6.45) is 1.88. The number of ether oxygens (including phenoxy) is 1. The van der Waals surface area contributed by atoms with Crippen LogP contribution < -0.4 is 4.74 Å². The van der Waals surface area contributed by atoms with Crippen LogP contribution in [-0.2, 0) is 11.2 Å². The van der Waals surface area contributed by atoms with Gasteiger partial charge in [0, 0.05) is 17.5 Å². The molecule has 0 unspecified atom stereocenters. The van der Waals surface area contributed by atoms with Gasteiger partial charge in [-0.2, -0.15) is 0 Å². The third-order valence-electron chi connectivity index (χ3n) is 3.70. The highest BCUT2D eigenvalue weighted by atomic mass is 19.1. The number of aromatic nitrogens is 1. The van der Waals surface area contributed by atoms with E-state index < -0.39 is 5.97 Å². The van der Waals surface area contributed by atoms with Crippen LogP contribution in [0.5, 0.6) is 5.75 Å². The number of ketones is 1. The maximum absolute atomic E-state index is 12.9. The third-order valence-corrected chi connectivity index (χ3v) is 3.70. The molecule has 6 heteroatoms. The Morgan fingerprint density at radius 1 is 1.15 bits per heavy atom. The quantitative estimate of drug-likeness (QED) is 0.377. The normalized spacial score (nSPS) is 10.5. The summed E-state index contributed by atoms with van der Waals surface area (Å²) < 4.78 is 23.8. The number of carbonyl (C=O) groups is 2. The molecule has 0 aliphatic heterocycles. The van der Waals surface area contributed by atoms with E-state index >= 15 is 0 Å². The number of esters is 1. The van der Waals surface area contributed by atoms with Gasteiger partial charge in [0.05, 0.1) is 12.6 Å². The summed E-state index contributed by atoms with van der Waals surface area (Å²) in [6.45, 7) is 1.45. The molecule has 3 aromatic rings. The molecule has 0 radical (unpaired) electrons. The largest absolute Gasteiger partial charge is 0.441 e. The Balaban J connectivity index is 1.57. The first-order valence-corrected chi connectivity index (χ1v) is 8.03. The van der Waals surface area contributed by atoms with Crippen molar-refractivity contribution in [1.29, 1.82) is 0 Å². The second kappa shape index (κ2) is 7.74. The van der Waals surface area contributed by atoms with E-state index in [0.29, 0.717) is 28.5 Å². The number of Topliss-reactive ketones (excluding diaryl/α,β-unsaturated/α-hetero) is 1. The van der Waals surface area contributed by atoms with Crippen molar-refractivity contribution >= 4 is 11.8 Å². The number of carbonyl (C=O) groups excluding carboxylic acids is 2. The van der Waals surface area contributed by atoms with Crippen LogP contribution in [0.2, 0.25) is 0 Å². The Morgan fingerprint density at radius 3 is 2.65 bits per heavy atom. The number of nitrogens with zero attached hydrogens (tertiary/aromatic N) is 1. The van der Waals surface area contributed by atoms with E-state index in [0.717, 1.165) is 0 Å². The molecular weight excluding hydrogens is 337 g/mol. The van der Waals surface area contributed by atoms with Gasteiger partial charge in [0.2, 0.25) is 0 Å². The smallest absolute Gasteiger partial charge is 0.311 e. The summed E-state index contributed by atoms with van der Waals surface area (Å²) in [4.78, 5) is 27.4. The highest BCUT2D eigenvalue weighted by molar-refractivity contribution is 5.94. The second-order valence-electron chi connectivity index (χ2n) is 5.68. The van der Waals surface area contributed by atoms with Crippen molar-refractivity contribution in [1.82, 2.24) is 4.98 Å². The van der Waals surface area contributed by atoms with Gasteiger partial charge < -0.3 is 9.15 Å². The van der Waals surface area contributed by atoms with Crippen molar-refractivity contribution in [3.05, 3.63) is 72.0 Å². The zero-order valence-corrected chi connectivity index (χ0v) is 14.1. The number of hydrogen-bond donors (Lipinski definition) is 0. The lowest BCUT2D eigenvalue weighted by Crippen LogP contribution is -2.09. The van der Waals surface area contributed by atoms with Crippen molar-refractivity contribution in [3.63, 3.8) is 0 Å². The van der Waals surface area contributed by atoms with E-state index in [1.165, 1.54) is 31.3 Å². The molecule has 0 saturated heterocycles. The summed E-state index contributed by atoms with van der Waals surface area (Å²) >= 11 is 0. The lowest BCUT2D eigenvalue weighted by Gasteiger charge is -2.04. The minimum absolute atomic E-state index is 0.0771. The van der Waals surface area contributed by atoms with Crippen LogP contribution in [0.15, 0.2) is 59.1 Å². The molecule has 0 bridgehead atoms. The summed E-state index contributed by atoms with van der Waals surface area (Å²) in [5.41, 5.74) is 1.18. The summed E-state index contributed by atoms with van der Waals surface area (Å²) in [7, 11) is 0. The summed E-state index contributed by atoms with van der Waals surface area (Å²) in [5, 5.41) is 0. The lowest BCUT2D eigenvalue weighted by atomic mass is 10.1. The number of halogens is 1. The van der Waals surface area contributed by atoms with E-state index in [9.17, 15) is 14.0 Å². The Labute approximate surface area is 149 Å². The van der Waals surface area contributed by atoms with Gasteiger partial charge in [-0.15, -0.1) is 0 Å². The Hall–Kier alpha value is -3.28. The van der Waals surface area contributed by atoms with Crippen LogP contribution in [0.1, 0.15) is 29.6 Å². The lowest BCUT2D eigenvalue weighted by molar-refractivity contribution is -0.134. The van der Waals surface area contributed by atoms with Crippen LogP contribution >= 0.6 is 0 Å². The van der Waals surface area contributed by atoms with E-state index in [4.69, 9.17) is 9.15 Å². The predicted molar refractivity (Wildman–Crippen MR) is 92.3 cm³/mol. The molecule has 0 spiro atoms. The van der Waals surface area contributed by atoms with Gasteiger partial charge in [-0.3, -0.25) is 9.59 Å². The fourth-order valence-corrected chi connectivity index (χ4v) is 2.34. The molecule has 132 valence electrons. The van der Waals surface area contributed by atoms with Crippen molar-refractivity contribution in [2.75, 3.05) is 0 Å². The van der Waals surface area contributed by atoms with Gasteiger partial charge in [0.25, 0.3) is 0 Å². The minimum Gasteiger partial charge on any atom is -0.441 e. The first kappa shape index (κ1) is 17.5. The molecule has 0 N–H and O–H groups in total. The summed E-state index contributed by atoms with van der Waals surface area (Å²) in [5.74, 6) is 0.330. The molecule has 0 saturated carbocycles. The van der Waals surface area contributed by atoms with Gasteiger partial charge in [-0.25, -0.2) is 9.37 Å². The molecule has 26 heavy (non-hydrogen) atoms. The van der Waals surface area contributed by atoms with Crippen LogP contribution in [-0.4, -0.2) is 16.7 Å². The van der Waals surface area contributed by atoms with Crippen molar-refractivity contribution < 1.29 is 23.1 Å². The van der Waals surface area contributed by atoms with Crippen LogP contribution in [0.25, 0.3) is 11.3 Å². The maximum Gasteiger partial charge on any atom is 0.311 e. The zero-order chi connectivity index (χ0) is 18.5. The molecule has 0 fully saturated rings. The second-order valence-corrected chi connectivity index (χ2v) is 5.68. The number of rotatable bonds is 6. The van der Waals surface area contributed by atoms with E-state index in [1.54, 1.807) is 30.3 Å². The maximum atomic E-state index is 12.9. The van der Waals surface area contributed by atoms with E-state index in [-0.39, 0.29) is 24.4 Å². The van der Waals surface area contributed by atoms with Gasteiger partial charge in [0.15, 0.2) is 17.4 Å². The SMILES string of the molecule is CC(=O)c1cccc(OC(=O)CCc2ncc(-c3ccc(F)cc3)o2)c1. The van der Waals surface area contributed by atoms with Gasteiger partial charge >= 0.3 is 5.97 Å². The topological polar surface area (TPSA) is 69.4 Å². The molecule has 0 atom stereocenters. The number of oxazole rings is 1. The average molecular weight is 353 g/mol. The predicted octanol–water partition coefficient (Wildman–Crippen LogP) is 4.22. The molecule has 5 nitrogen and oxygen atoms in total. The first-order chi connectivity index (χ1) is 12.5. The third kappa shape index (κ3) is 4.42. The fourth-order valence-electron chi connectivity index (χ4n) is 2.34. The number of benzene rings is 2. The van der Waals surface area contributed by atoms with Gasteiger partial charge in [-0.05, 0) is 43.3 Å². The molecular formula is C20H16FNO4. The summed E-state index contributed by atoms with van der Waals surface area (Å²) in [6, 6.07) is 12.3. The molecule has 2 aromatic carbocycles. The van der Waals surface area contributed by atoms with E-state index in [2.05, 4.69) is 4.98 Å². The average Bonchev–Trinajstić information content (AvgIpc) is 3.10. The monoisotopic (exact) mass is 353 g/mol. The highest BCUT2D eigenvalue weighted by Crippen LogP contribution is 2.21. The fraction of sp³-hybridized carbons (Fsp3) is 0.150. The molecule has 1 heterocycles. The standard InChI is InChI=1S/C20H16FNO4/c1-13(23)15-3-2-4-17(11-15)25-20(24)10-9-19-22-12-18(26-19)14-5-7-16(21)8-6-14/h2-8,11-12H,9-10H2,1H3. The molecule has 1 aromatic heterocycles. The van der Waals surface area contributed by atoms with E-state index in [1.807, 2.05) is 0 Å². The number of aryl methyl sites for hydroxylation is 1. The van der Waals surface area contributed by atoms with Gasteiger partial charge in [-0.1, -0.05) is 12.1 Å². The van der Waals surface area contributed by atoms with Crippen LogP contribution in [0.4, 0.5) is 4.39 Å². The Bertz CT molecular complexity index is 931. The van der Waals surface area contributed by atoms with Crippen LogP contribution in [0.3, 0.4) is 0 Å². The Morgan fingerprint density at radius 2 is 1.92 bits per heavy atom. The van der Waals surface area contributed by atoms with Crippen molar-refractivity contribution in [2.45, 2.75) is 19.8 Å². The zero-order valence-electron chi connectivity index (χ0n) is 14.1. The highest BCUT2D eigenvalue weighted by Gasteiger charge is 2.11. The number of hydrogen-bond acceptors (Lipinski definition) is 5. The molecule has 3 rings (SSSR count). The van der Waals surface area contributed by atoms with Crippen molar-refractivity contribution in [3.8, 4) is 17.1 Å². The first-order valence-electron chi connectivity index (χ1n) is 8.03.